The maximum Gasteiger partial charge on any atom is 0.329 e. The van der Waals surface area contributed by atoms with Crippen LogP contribution in [0.2, 0.25) is 0 Å². The summed E-state index contributed by atoms with van der Waals surface area (Å²) in [6, 6.07) is 7.16. The van der Waals surface area contributed by atoms with Crippen molar-refractivity contribution in [3.8, 4) is 5.75 Å². The first-order chi connectivity index (χ1) is 15.1. The van der Waals surface area contributed by atoms with Crippen molar-refractivity contribution < 1.29 is 23.9 Å². The number of hydrazone groups is 1. The van der Waals surface area contributed by atoms with E-state index in [-0.39, 0.29) is 24.7 Å². The van der Waals surface area contributed by atoms with E-state index in [0.717, 1.165) is 38.5 Å². The van der Waals surface area contributed by atoms with Gasteiger partial charge in [-0.25, -0.2) is 5.43 Å². The Hall–Kier alpha value is -2.94. The Balaban J connectivity index is 1.34. The Labute approximate surface area is 181 Å². The molecule has 0 spiro atoms. The standard InChI is InChI=1S/C22H30N4O5/c27-20(25-17-5-2-1-3-6-17)15-31-18-10-8-16(9-11-18)13-24-26-22(29)21(28)23-14-19-7-4-12-30-19/h8-11,13,17,19H,1-7,12,14-15H2,(H,23,28)(H,25,27)(H,26,29)/b24-13-/t19-/m1/s1. The molecule has 9 heteroatoms. The molecule has 0 bridgehead atoms. The van der Waals surface area contributed by atoms with Gasteiger partial charge in [-0.2, -0.15) is 5.10 Å². The van der Waals surface area contributed by atoms with Gasteiger partial charge in [0.25, 0.3) is 5.91 Å². The summed E-state index contributed by atoms with van der Waals surface area (Å²) < 4.78 is 10.9. The van der Waals surface area contributed by atoms with E-state index in [1.54, 1.807) is 24.3 Å². The summed E-state index contributed by atoms with van der Waals surface area (Å²) >= 11 is 0. The SMILES string of the molecule is O=C(COc1ccc(/C=N\NC(=O)C(=O)NC[C@H]2CCCO2)cc1)NC1CCCCC1. The highest BCUT2D eigenvalue weighted by atomic mass is 16.5. The molecule has 1 heterocycles. The van der Waals surface area contributed by atoms with Crippen LogP contribution in [0.5, 0.6) is 5.75 Å². The maximum absolute atomic E-state index is 12.0. The Morgan fingerprint density at radius 3 is 2.52 bits per heavy atom. The predicted molar refractivity (Wildman–Crippen MR) is 115 cm³/mol. The van der Waals surface area contributed by atoms with Crippen LogP contribution in [-0.4, -0.2) is 55.8 Å². The van der Waals surface area contributed by atoms with E-state index in [1.165, 1.54) is 12.6 Å². The number of benzene rings is 1. The van der Waals surface area contributed by atoms with Crippen LogP contribution >= 0.6 is 0 Å². The van der Waals surface area contributed by atoms with Gasteiger partial charge in [0.2, 0.25) is 0 Å². The van der Waals surface area contributed by atoms with Gasteiger partial charge in [0, 0.05) is 19.2 Å². The van der Waals surface area contributed by atoms with Gasteiger partial charge in [-0.05, 0) is 55.5 Å². The van der Waals surface area contributed by atoms with E-state index in [4.69, 9.17) is 9.47 Å². The molecule has 1 aromatic rings. The minimum absolute atomic E-state index is 0.0268. The Morgan fingerprint density at radius 2 is 1.81 bits per heavy atom. The Morgan fingerprint density at radius 1 is 1.03 bits per heavy atom. The van der Waals surface area contributed by atoms with Crippen LogP contribution in [0.15, 0.2) is 29.4 Å². The molecule has 31 heavy (non-hydrogen) atoms. The lowest BCUT2D eigenvalue weighted by Gasteiger charge is -2.22. The predicted octanol–water partition coefficient (Wildman–Crippen LogP) is 1.26. The summed E-state index contributed by atoms with van der Waals surface area (Å²) in [6.45, 7) is 0.978. The molecular weight excluding hydrogens is 400 g/mol. The zero-order valence-electron chi connectivity index (χ0n) is 17.6. The maximum atomic E-state index is 12.0. The second kappa shape index (κ2) is 12.0. The molecule has 3 N–H and O–H groups in total. The van der Waals surface area contributed by atoms with E-state index >= 15 is 0 Å². The lowest BCUT2D eigenvalue weighted by atomic mass is 9.95. The third-order valence-electron chi connectivity index (χ3n) is 5.32. The van der Waals surface area contributed by atoms with Crippen LogP contribution in [0.1, 0.15) is 50.5 Å². The molecule has 0 aromatic heterocycles. The lowest BCUT2D eigenvalue weighted by Crippen LogP contribution is -2.41. The summed E-state index contributed by atoms with van der Waals surface area (Å²) in [4.78, 5) is 35.5. The Kier molecular flexibility index (Phi) is 8.84. The van der Waals surface area contributed by atoms with E-state index in [1.807, 2.05) is 0 Å². The second-order valence-electron chi connectivity index (χ2n) is 7.80. The van der Waals surface area contributed by atoms with Gasteiger partial charge >= 0.3 is 11.8 Å². The number of ether oxygens (including phenoxy) is 2. The van der Waals surface area contributed by atoms with Crippen molar-refractivity contribution in [1.29, 1.82) is 0 Å². The van der Waals surface area contributed by atoms with E-state index < -0.39 is 11.8 Å². The third-order valence-corrected chi connectivity index (χ3v) is 5.32. The lowest BCUT2D eigenvalue weighted by molar-refractivity contribution is -0.139. The van der Waals surface area contributed by atoms with Gasteiger partial charge in [0.15, 0.2) is 6.61 Å². The van der Waals surface area contributed by atoms with E-state index in [9.17, 15) is 14.4 Å². The molecule has 168 valence electrons. The zero-order chi connectivity index (χ0) is 21.9. The second-order valence-corrected chi connectivity index (χ2v) is 7.80. The minimum Gasteiger partial charge on any atom is -0.484 e. The van der Waals surface area contributed by atoms with Crippen LogP contribution < -0.4 is 20.8 Å². The Bertz CT molecular complexity index is 769. The van der Waals surface area contributed by atoms with Crippen molar-refractivity contribution in [1.82, 2.24) is 16.1 Å². The molecule has 0 unspecified atom stereocenters. The number of amides is 3. The van der Waals surface area contributed by atoms with Gasteiger partial charge < -0.3 is 20.1 Å². The topological polar surface area (TPSA) is 118 Å². The highest BCUT2D eigenvalue weighted by molar-refractivity contribution is 6.35. The molecule has 1 aliphatic carbocycles. The summed E-state index contributed by atoms with van der Waals surface area (Å²) in [7, 11) is 0. The van der Waals surface area contributed by atoms with Crippen molar-refractivity contribution in [3.63, 3.8) is 0 Å². The summed E-state index contributed by atoms with van der Waals surface area (Å²) in [6.07, 6.45) is 8.87. The number of hydrogen-bond donors (Lipinski definition) is 3. The fraction of sp³-hybridized carbons (Fsp3) is 0.545. The van der Waals surface area contributed by atoms with Crippen molar-refractivity contribution in [2.45, 2.75) is 57.1 Å². The van der Waals surface area contributed by atoms with Gasteiger partial charge in [0.05, 0.1) is 12.3 Å². The van der Waals surface area contributed by atoms with Gasteiger partial charge in [-0.1, -0.05) is 19.3 Å². The molecular formula is C22H30N4O5. The van der Waals surface area contributed by atoms with Gasteiger partial charge in [0.1, 0.15) is 5.75 Å². The molecule has 1 aromatic carbocycles. The average molecular weight is 431 g/mol. The van der Waals surface area contributed by atoms with Crippen LogP contribution in [0.3, 0.4) is 0 Å². The van der Waals surface area contributed by atoms with Crippen molar-refractivity contribution in [2.24, 2.45) is 5.10 Å². The van der Waals surface area contributed by atoms with E-state index in [2.05, 4.69) is 21.2 Å². The largest absolute Gasteiger partial charge is 0.484 e. The number of nitrogens with zero attached hydrogens (tertiary/aromatic N) is 1. The molecule has 1 atom stereocenters. The first kappa shape index (κ1) is 22.7. The number of rotatable bonds is 8. The van der Waals surface area contributed by atoms with Crippen LogP contribution in [-0.2, 0) is 19.1 Å². The average Bonchev–Trinajstić information content (AvgIpc) is 3.31. The summed E-state index contributed by atoms with van der Waals surface area (Å²) in [5.74, 6) is -1.13. The van der Waals surface area contributed by atoms with Crippen molar-refractivity contribution in [3.05, 3.63) is 29.8 Å². The highest BCUT2D eigenvalue weighted by Crippen LogP contribution is 2.17. The summed E-state index contributed by atoms with van der Waals surface area (Å²) in [5.41, 5.74) is 2.90. The molecule has 1 saturated carbocycles. The van der Waals surface area contributed by atoms with Crippen LogP contribution in [0.4, 0.5) is 0 Å². The normalized spacial score (nSPS) is 19.2. The molecule has 2 fully saturated rings. The van der Waals surface area contributed by atoms with Gasteiger partial charge in [-0.15, -0.1) is 0 Å². The fourth-order valence-electron chi connectivity index (χ4n) is 3.62. The highest BCUT2D eigenvalue weighted by Gasteiger charge is 2.19. The molecule has 9 nitrogen and oxygen atoms in total. The molecule has 2 aliphatic rings. The fourth-order valence-corrected chi connectivity index (χ4v) is 3.62. The number of carbonyl (C=O) groups is 3. The van der Waals surface area contributed by atoms with Crippen molar-refractivity contribution in [2.75, 3.05) is 19.8 Å². The van der Waals surface area contributed by atoms with Gasteiger partial charge in [-0.3, -0.25) is 14.4 Å². The monoisotopic (exact) mass is 430 g/mol. The quantitative estimate of drug-likeness (QED) is 0.326. The number of hydrogen-bond acceptors (Lipinski definition) is 6. The van der Waals surface area contributed by atoms with Crippen LogP contribution in [0.25, 0.3) is 0 Å². The molecule has 1 saturated heterocycles. The van der Waals surface area contributed by atoms with Crippen molar-refractivity contribution >= 4 is 23.9 Å². The zero-order valence-corrected chi connectivity index (χ0v) is 17.6. The smallest absolute Gasteiger partial charge is 0.329 e. The molecule has 3 rings (SSSR count). The molecule has 1 aliphatic heterocycles. The van der Waals surface area contributed by atoms with Crippen LogP contribution in [0, 0.1) is 0 Å². The third kappa shape index (κ3) is 8.01. The molecule has 0 radical (unpaired) electrons. The minimum atomic E-state index is -0.835. The first-order valence-electron chi connectivity index (χ1n) is 10.9. The summed E-state index contributed by atoms with van der Waals surface area (Å²) in [5, 5.41) is 9.33. The first-order valence-corrected chi connectivity index (χ1v) is 10.9. The molecule has 3 amide bonds. The van der Waals surface area contributed by atoms with E-state index in [0.29, 0.717) is 24.5 Å². The number of nitrogens with one attached hydrogen (secondary N) is 3. The number of carbonyl (C=O) groups excluding carboxylic acids is 3.